The number of esters is 1. The van der Waals surface area contributed by atoms with Crippen LogP contribution in [0.1, 0.15) is 40.1 Å². The van der Waals surface area contributed by atoms with Crippen molar-refractivity contribution in [2.75, 3.05) is 13.2 Å². The van der Waals surface area contributed by atoms with Crippen LogP contribution in [0.4, 0.5) is 0 Å². The Bertz CT molecular complexity index is 703. The molecule has 0 aliphatic heterocycles. The minimum atomic E-state index is -0.347. The van der Waals surface area contributed by atoms with Gasteiger partial charge in [-0.05, 0) is 54.8 Å². The third-order valence-electron chi connectivity index (χ3n) is 3.63. The second-order valence-corrected chi connectivity index (χ2v) is 5.82. The molecular weight excluding hydrogens is 322 g/mol. The second kappa shape index (κ2) is 8.90. The van der Waals surface area contributed by atoms with Gasteiger partial charge < -0.3 is 9.47 Å². The zero-order valence-electron chi connectivity index (χ0n) is 13.9. The normalized spacial score (nSPS) is 12.0. The van der Waals surface area contributed by atoms with Crippen LogP contribution >= 0.6 is 11.6 Å². The molecule has 124 valence electrons. The van der Waals surface area contributed by atoms with Crippen molar-refractivity contribution < 1.29 is 14.3 Å². The van der Waals surface area contributed by atoms with Crippen LogP contribution in [0.15, 0.2) is 42.5 Å². The van der Waals surface area contributed by atoms with Gasteiger partial charge in [0.2, 0.25) is 0 Å². The zero-order chi connectivity index (χ0) is 17.5. The van der Waals surface area contributed by atoms with Gasteiger partial charge in [0.25, 0.3) is 0 Å². The van der Waals surface area contributed by atoms with Crippen molar-refractivity contribution in [1.29, 1.82) is 0 Å². The molecule has 0 aliphatic rings. The lowest BCUT2D eigenvalue weighted by Gasteiger charge is -2.21. The van der Waals surface area contributed by atoms with Crippen molar-refractivity contribution in [1.82, 2.24) is 0 Å². The minimum Gasteiger partial charge on any atom is -0.462 e. The monoisotopic (exact) mass is 342 g/mol. The van der Waals surface area contributed by atoms with Gasteiger partial charge in [-0.2, -0.15) is 0 Å². The molecule has 0 saturated heterocycles. The Kier molecular flexibility index (Phi) is 6.89. The third kappa shape index (κ3) is 4.62. The molecule has 2 aromatic carbocycles. The summed E-state index contributed by atoms with van der Waals surface area (Å²) in [7, 11) is 5.59. The van der Waals surface area contributed by atoms with Crippen LogP contribution in [0, 0.1) is 6.92 Å². The molecule has 1 unspecified atom stereocenters. The highest BCUT2D eigenvalue weighted by atomic mass is 35.5. The van der Waals surface area contributed by atoms with Crippen molar-refractivity contribution >= 4 is 25.4 Å². The fraction of sp³-hybridized carbons (Fsp3) is 0.316. The van der Waals surface area contributed by atoms with E-state index in [0.717, 1.165) is 16.7 Å². The van der Waals surface area contributed by atoms with E-state index in [1.54, 1.807) is 19.1 Å². The smallest absolute Gasteiger partial charge is 0.338 e. The van der Waals surface area contributed by atoms with Crippen LogP contribution < -0.4 is 0 Å². The molecule has 0 N–H and O–H groups in total. The lowest BCUT2D eigenvalue weighted by Crippen LogP contribution is -2.11. The Morgan fingerprint density at radius 3 is 2.75 bits per heavy atom. The molecule has 3 nitrogen and oxygen atoms in total. The summed E-state index contributed by atoms with van der Waals surface area (Å²) >= 11 is 6.15. The van der Waals surface area contributed by atoms with Gasteiger partial charge in [-0.3, -0.25) is 0 Å². The molecule has 0 bridgehead atoms. The standard InChI is InChI=1S/C19H20BClO3/c1-3-23-19(22)15-6-4-5-14(11-15)18(24-10-9-20)17-12-16(21)8-7-13(17)2/h4-8,11-12,18H,3,9-10H2,1-2H3. The Labute approximate surface area is 149 Å². The maximum atomic E-state index is 12.0. The molecule has 5 heteroatoms. The Balaban J connectivity index is 2.43. The first-order valence-corrected chi connectivity index (χ1v) is 8.29. The highest BCUT2D eigenvalue weighted by Gasteiger charge is 2.19. The molecule has 1 atom stereocenters. The summed E-state index contributed by atoms with van der Waals surface area (Å²) in [5.74, 6) is -0.347. The lowest BCUT2D eigenvalue weighted by molar-refractivity contribution is 0.0525. The number of carbonyl (C=O) groups is 1. The Morgan fingerprint density at radius 1 is 1.25 bits per heavy atom. The number of hydrogen-bond acceptors (Lipinski definition) is 3. The van der Waals surface area contributed by atoms with E-state index < -0.39 is 0 Å². The third-order valence-corrected chi connectivity index (χ3v) is 3.86. The van der Waals surface area contributed by atoms with E-state index in [0.29, 0.717) is 30.1 Å². The number of ether oxygens (including phenoxy) is 2. The number of halogens is 1. The van der Waals surface area contributed by atoms with Crippen LogP contribution in [0.25, 0.3) is 0 Å². The van der Waals surface area contributed by atoms with Gasteiger partial charge in [0.15, 0.2) is 0 Å². The van der Waals surface area contributed by atoms with E-state index in [9.17, 15) is 4.79 Å². The fourth-order valence-corrected chi connectivity index (χ4v) is 2.67. The summed E-state index contributed by atoms with van der Waals surface area (Å²) in [6.45, 7) is 4.52. The van der Waals surface area contributed by atoms with Crippen molar-refractivity contribution in [3.8, 4) is 0 Å². The van der Waals surface area contributed by atoms with Gasteiger partial charge in [-0.15, -0.1) is 0 Å². The summed E-state index contributed by atoms with van der Waals surface area (Å²) < 4.78 is 11.0. The van der Waals surface area contributed by atoms with Gasteiger partial charge in [0, 0.05) is 11.6 Å². The molecule has 24 heavy (non-hydrogen) atoms. The fourth-order valence-electron chi connectivity index (χ4n) is 2.49. The first kappa shape index (κ1) is 18.6. The molecule has 0 spiro atoms. The number of hydrogen-bond donors (Lipinski definition) is 0. The van der Waals surface area contributed by atoms with E-state index >= 15 is 0 Å². The molecule has 0 heterocycles. The molecule has 2 radical (unpaired) electrons. The van der Waals surface area contributed by atoms with Crippen LogP contribution in [-0.4, -0.2) is 27.0 Å². The van der Waals surface area contributed by atoms with Crippen LogP contribution in [-0.2, 0) is 9.47 Å². The van der Waals surface area contributed by atoms with E-state index in [1.165, 1.54) is 0 Å². The van der Waals surface area contributed by atoms with Crippen molar-refractivity contribution in [3.63, 3.8) is 0 Å². The van der Waals surface area contributed by atoms with Gasteiger partial charge in [-0.25, -0.2) is 4.79 Å². The number of benzene rings is 2. The molecule has 0 aliphatic carbocycles. The van der Waals surface area contributed by atoms with Crippen LogP contribution in [0.5, 0.6) is 0 Å². The Morgan fingerprint density at radius 2 is 2.04 bits per heavy atom. The summed E-state index contributed by atoms with van der Waals surface area (Å²) in [5, 5.41) is 0.637. The minimum absolute atomic E-state index is 0.337. The first-order valence-electron chi connectivity index (χ1n) is 7.91. The van der Waals surface area contributed by atoms with Gasteiger partial charge >= 0.3 is 5.97 Å². The van der Waals surface area contributed by atoms with E-state index in [1.807, 2.05) is 37.3 Å². The topological polar surface area (TPSA) is 35.5 Å². The lowest BCUT2D eigenvalue weighted by atomic mass is 9.95. The van der Waals surface area contributed by atoms with Crippen molar-refractivity contribution in [2.24, 2.45) is 0 Å². The predicted octanol–water partition coefficient (Wildman–Crippen LogP) is 4.52. The van der Waals surface area contributed by atoms with E-state index in [2.05, 4.69) is 0 Å². The maximum absolute atomic E-state index is 12.0. The largest absolute Gasteiger partial charge is 0.462 e. The van der Waals surface area contributed by atoms with Gasteiger partial charge in [0.1, 0.15) is 6.10 Å². The molecule has 2 aromatic rings. The molecule has 0 amide bonds. The summed E-state index contributed by atoms with van der Waals surface area (Å²) in [5.41, 5.74) is 3.37. The van der Waals surface area contributed by atoms with Gasteiger partial charge in [-0.1, -0.05) is 36.1 Å². The second-order valence-electron chi connectivity index (χ2n) is 5.39. The SMILES string of the molecule is [B]CCOC(c1cccc(C(=O)OCC)c1)c1cc(Cl)ccc1C. The summed E-state index contributed by atoms with van der Waals surface area (Å²) in [6, 6.07) is 12.9. The average Bonchev–Trinajstić information content (AvgIpc) is 2.58. The highest BCUT2D eigenvalue weighted by molar-refractivity contribution is 6.30. The first-order chi connectivity index (χ1) is 11.6. The number of rotatable bonds is 7. The quantitative estimate of drug-likeness (QED) is 0.548. The summed E-state index contributed by atoms with van der Waals surface area (Å²) in [6.07, 6.45) is 0.0647. The number of aryl methyl sites for hydroxylation is 1. The molecule has 2 rings (SSSR count). The number of carbonyl (C=O) groups excluding carboxylic acids is 1. The average molecular weight is 343 g/mol. The predicted molar refractivity (Wildman–Crippen MR) is 96.9 cm³/mol. The maximum Gasteiger partial charge on any atom is 0.338 e. The van der Waals surface area contributed by atoms with E-state index in [4.69, 9.17) is 28.9 Å². The van der Waals surface area contributed by atoms with Crippen molar-refractivity contribution in [2.45, 2.75) is 26.3 Å². The zero-order valence-corrected chi connectivity index (χ0v) is 14.7. The summed E-state index contributed by atoms with van der Waals surface area (Å²) in [4.78, 5) is 12.0. The van der Waals surface area contributed by atoms with Gasteiger partial charge in [0.05, 0.1) is 20.0 Å². The van der Waals surface area contributed by atoms with E-state index in [-0.39, 0.29) is 12.1 Å². The Hall–Kier alpha value is -1.78. The molecule has 0 aromatic heterocycles. The van der Waals surface area contributed by atoms with Crippen LogP contribution in [0.2, 0.25) is 11.3 Å². The molecule has 0 saturated carbocycles. The van der Waals surface area contributed by atoms with Crippen molar-refractivity contribution in [3.05, 3.63) is 69.7 Å². The highest BCUT2D eigenvalue weighted by Crippen LogP contribution is 2.31. The van der Waals surface area contributed by atoms with Crippen LogP contribution in [0.3, 0.4) is 0 Å². The molecular formula is C19H20BClO3. The molecule has 0 fully saturated rings.